The number of benzene rings is 8. The van der Waals surface area contributed by atoms with Crippen molar-refractivity contribution < 1.29 is 0 Å². The van der Waals surface area contributed by atoms with Gasteiger partial charge in [0, 0.05) is 48.3 Å². The van der Waals surface area contributed by atoms with Crippen molar-refractivity contribution in [1.29, 1.82) is 0 Å². The number of hydrogen-bond acceptors (Lipinski definition) is 3. The predicted octanol–water partition coefficient (Wildman–Crippen LogP) is 16.4. The molecule has 0 bridgehead atoms. The molecule has 3 heteroatoms. The predicted molar refractivity (Wildman–Crippen MR) is 264 cm³/mol. The van der Waals surface area contributed by atoms with Crippen LogP contribution >= 0.6 is 11.3 Å². The molecule has 3 aliphatic carbocycles. The first kappa shape index (κ1) is 37.4. The molecule has 1 fully saturated rings. The summed E-state index contributed by atoms with van der Waals surface area (Å²) in [6, 6.07) is 71.0. The standard InChI is InChI=1S/C59H50N2S/c1-58(2,3)43-28-24-39(25-29-43)40-26-32-48(33-27-40)60(46-16-6-4-7-17-46)52-21-12-14-41-36-44-30-31-45-37-42-15-13-22-53(57(42)59(44,45)56(41)52)61(47-18-8-5-9-19-47)49-34-35-51-50-20-10-11-23-54(50)62-55(51)38-49/h4-29,32-35,38,44-45H,30-31,36-37H2,1-3H3. The molecule has 0 N–H and O–H groups in total. The van der Waals surface area contributed by atoms with Crippen LogP contribution in [0.5, 0.6) is 0 Å². The molecule has 0 radical (unpaired) electrons. The number of nitrogens with zero attached hydrogens (tertiary/aromatic N) is 2. The second kappa shape index (κ2) is 14.3. The fourth-order valence-corrected chi connectivity index (χ4v) is 13.0. The SMILES string of the molecule is CC(C)(C)c1ccc(-c2ccc(N(c3ccccc3)c3cccc4c3C35c6c(cccc6N(c6ccccc6)c6ccc7c(c6)sc6ccccc67)CC3CCC5C4)cc2)cc1. The monoisotopic (exact) mass is 818 g/mol. The van der Waals surface area contributed by atoms with E-state index in [9.17, 15) is 0 Å². The maximum absolute atomic E-state index is 2.58. The van der Waals surface area contributed by atoms with Crippen molar-refractivity contribution in [3.05, 3.63) is 216 Å². The fourth-order valence-electron chi connectivity index (χ4n) is 11.9. The quantitative estimate of drug-likeness (QED) is 0.158. The van der Waals surface area contributed by atoms with Gasteiger partial charge in [0.2, 0.25) is 0 Å². The van der Waals surface area contributed by atoms with Gasteiger partial charge in [-0.15, -0.1) is 11.3 Å². The van der Waals surface area contributed by atoms with Gasteiger partial charge in [-0.2, -0.15) is 0 Å². The van der Waals surface area contributed by atoms with Crippen LogP contribution in [-0.2, 0) is 23.7 Å². The number of fused-ring (bicyclic) bond motifs is 5. The summed E-state index contributed by atoms with van der Waals surface area (Å²) in [6.45, 7) is 6.84. The summed E-state index contributed by atoms with van der Waals surface area (Å²) in [5.74, 6) is 1.06. The molecule has 1 saturated carbocycles. The second-order valence-electron chi connectivity index (χ2n) is 18.9. The van der Waals surface area contributed by atoms with E-state index >= 15 is 0 Å². The Balaban J connectivity index is 1.04. The van der Waals surface area contributed by atoms with Crippen LogP contribution in [-0.4, -0.2) is 0 Å². The summed E-state index contributed by atoms with van der Waals surface area (Å²) < 4.78 is 2.66. The molecule has 3 aliphatic rings. The molecule has 12 rings (SSSR count). The van der Waals surface area contributed by atoms with Crippen LogP contribution in [0.3, 0.4) is 0 Å². The topological polar surface area (TPSA) is 6.48 Å². The Hall–Kier alpha value is -6.42. The summed E-state index contributed by atoms with van der Waals surface area (Å²) in [4.78, 5) is 5.14. The summed E-state index contributed by atoms with van der Waals surface area (Å²) in [5.41, 5.74) is 17.4. The fraction of sp³-hybridized carbons (Fsp3) is 0.186. The van der Waals surface area contributed by atoms with E-state index in [1.807, 2.05) is 11.3 Å². The van der Waals surface area contributed by atoms with Crippen molar-refractivity contribution in [2.24, 2.45) is 11.8 Å². The Morgan fingerprint density at radius 2 is 0.935 bits per heavy atom. The third-order valence-corrected chi connectivity index (χ3v) is 15.6. The number of rotatable bonds is 7. The van der Waals surface area contributed by atoms with Crippen molar-refractivity contribution in [3.8, 4) is 11.1 Å². The minimum atomic E-state index is -0.117. The highest BCUT2D eigenvalue weighted by Crippen LogP contribution is 2.69. The third kappa shape index (κ3) is 5.74. The van der Waals surface area contributed by atoms with E-state index in [-0.39, 0.29) is 10.8 Å². The normalized spacial score (nSPS) is 18.7. The summed E-state index contributed by atoms with van der Waals surface area (Å²) >= 11 is 1.90. The number of thiophene rings is 1. The molecule has 302 valence electrons. The lowest BCUT2D eigenvalue weighted by molar-refractivity contribution is 0.350. The second-order valence-corrected chi connectivity index (χ2v) is 19.9. The molecule has 0 aliphatic heterocycles. The number of para-hydroxylation sites is 2. The van der Waals surface area contributed by atoms with Gasteiger partial charge in [0.15, 0.2) is 0 Å². The first-order chi connectivity index (χ1) is 30.4. The van der Waals surface area contributed by atoms with Gasteiger partial charge in [0.25, 0.3) is 0 Å². The summed E-state index contributed by atoms with van der Waals surface area (Å²) in [5, 5.41) is 2.67. The van der Waals surface area contributed by atoms with E-state index in [1.54, 1.807) is 5.56 Å². The maximum atomic E-state index is 2.58. The minimum Gasteiger partial charge on any atom is -0.310 e. The molecule has 3 unspecified atom stereocenters. The highest BCUT2D eigenvalue weighted by Gasteiger charge is 2.62. The van der Waals surface area contributed by atoms with E-state index in [0.717, 1.165) is 12.8 Å². The molecule has 3 atom stereocenters. The van der Waals surface area contributed by atoms with E-state index in [1.165, 1.54) is 101 Å². The van der Waals surface area contributed by atoms with Gasteiger partial charge in [0.05, 0.1) is 11.4 Å². The molecule has 1 aromatic heterocycles. The Bertz CT molecular complexity index is 3110. The molecule has 0 saturated heterocycles. The van der Waals surface area contributed by atoms with Crippen molar-refractivity contribution >= 4 is 65.6 Å². The van der Waals surface area contributed by atoms with Gasteiger partial charge in [0.1, 0.15) is 0 Å². The average Bonchev–Trinajstić information content (AvgIpc) is 4.04. The molecule has 2 nitrogen and oxygen atoms in total. The van der Waals surface area contributed by atoms with Crippen LogP contribution < -0.4 is 9.80 Å². The zero-order chi connectivity index (χ0) is 41.6. The van der Waals surface area contributed by atoms with Crippen molar-refractivity contribution in [1.82, 2.24) is 0 Å². The summed E-state index contributed by atoms with van der Waals surface area (Å²) in [7, 11) is 0. The highest BCUT2D eigenvalue weighted by atomic mass is 32.1. The molecule has 8 aromatic carbocycles. The lowest BCUT2D eigenvalue weighted by atomic mass is 9.68. The zero-order valence-corrected chi connectivity index (χ0v) is 36.5. The average molecular weight is 819 g/mol. The van der Waals surface area contributed by atoms with E-state index < -0.39 is 0 Å². The molecular formula is C59H50N2S. The number of hydrogen-bond donors (Lipinski definition) is 0. The lowest BCUT2D eigenvalue weighted by Gasteiger charge is -2.40. The first-order valence-electron chi connectivity index (χ1n) is 22.4. The number of anilines is 6. The van der Waals surface area contributed by atoms with Crippen molar-refractivity contribution in [2.75, 3.05) is 9.80 Å². The van der Waals surface area contributed by atoms with Gasteiger partial charge in [-0.1, -0.05) is 142 Å². The maximum Gasteiger partial charge on any atom is 0.0505 e. The van der Waals surface area contributed by atoms with Gasteiger partial charge >= 0.3 is 0 Å². The van der Waals surface area contributed by atoms with Crippen LogP contribution in [0.25, 0.3) is 31.3 Å². The minimum absolute atomic E-state index is 0.117. The Morgan fingerprint density at radius 1 is 0.452 bits per heavy atom. The largest absolute Gasteiger partial charge is 0.310 e. The molecule has 9 aromatic rings. The molecule has 1 heterocycles. The Morgan fingerprint density at radius 3 is 1.52 bits per heavy atom. The third-order valence-electron chi connectivity index (χ3n) is 14.5. The van der Waals surface area contributed by atoms with Crippen molar-refractivity contribution in [2.45, 2.75) is 57.3 Å². The van der Waals surface area contributed by atoms with Crippen LogP contribution in [0.15, 0.2) is 188 Å². The van der Waals surface area contributed by atoms with E-state index in [2.05, 4.69) is 219 Å². The van der Waals surface area contributed by atoms with Gasteiger partial charge < -0.3 is 9.80 Å². The van der Waals surface area contributed by atoms with Gasteiger partial charge in [-0.05, 0) is 149 Å². The lowest BCUT2D eigenvalue weighted by Crippen LogP contribution is -2.34. The Kier molecular flexibility index (Phi) is 8.63. The molecule has 0 amide bonds. The molecule has 1 spiro atoms. The highest BCUT2D eigenvalue weighted by molar-refractivity contribution is 7.25. The van der Waals surface area contributed by atoms with Crippen LogP contribution in [0, 0.1) is 11.8 Å². The van der Waals surface area contributed by atoms with E-state index in [4.69, 9.17) is 0 Å². The smallest absolute Gasteiger partial charge is 0.0505 e. The summed E-state index contributed by atoms with van der Waals surface area (Å²) in [6.07, 6.45) is 4.72. The van der Waals surface area contributed by atoms with Gasteiger partial charge in [-0.3, -0.25) is 0 Å². The molecular weight excluding hydrogens is 769 g/mol. The van der Waals surface area contributed by atoms with Crippen LogP contribution in [0.1, 0.15) is 61.4 Å². The molecule has 62 heavy (non-hydrogen) atoms. The van der Waals surface area contributed by atoms with Crippen LogP contribution in [0.4, 0.5) is 34.1 Å². The zero-order valence-electron chi connectivity index (χ0n) is 35.7. The van der Waals surface area contributed by atoms with Crippen molar-refractivity contribution in [3.63, 3.8) is 0 Å². The van der Waals surface area contributed by atoms with Gasteiger partial charge in [-0.25, -0.2) is 0 Å². The Labute approximate surface area is 369 Å². The van der Waals surface area contributed by atoms with Crippen LogP contribution in [0.2, 0.25) is 0 Å². The van der Waals surface area contributed by atoms with E-state index in [0.29, 0.717) is 11.8 Å². The first-order valence-corrected chi connectivity index (χ1v) is 23.3.